The van der Waals surface area contributed by atoms with E-state index < -0.39 is 11.4 Å². The Morgan fingerprint density at radius 3 is 2.65 bits per heavy atom. The Labute approximate surface area is 198 Å². The number of nitrogens with zero attached hydrogens (tertiary/aromatic N) is 3. The number of aliphatic hydroxyl groups excluding tert-OH is 1. The van der Waals surface area contributed by atoms with Crippen LogP contribution in [-0.4, -0.2) is 54.9 Å². The van der Waals surface area contributed by atoms with Crippen molar-refractivity contribution in [2.45, 2.75) is 64.1 Å². The van der Waals surface area contributed by atoms with E-state index in [-0.39, 0.29) is 30.5 Å². The summed E-state index contributed by atoms with van der Waals surface area (Å²) in [6.45, 7) is 5.39. The Morgan fingerprint density at radius 2 is 1.97 bits per heavy atom. The highest BCUT2D eigenvalue weighted by molar-refractivity contribution is 5.99. The lowest BCUT2D eigenvalue weighted by Gasteiger charge is -2.36. The maximum Gasteiger partial charge on any atom is 0.255 e. The Bertz CT molecular complexity index is 1170. The van der Waals surface area contributed by atoms with Crippen LogP contribution in [0.2, 0.25) is 0 Å². The molecule has 182 valence electrons. The van der Waals surface area contributed by atoms with Crippen molar-refractivity contribution in [3.8, 4) is 5.82 Å². The number of halogens is 1. The number of aromatic nitrogens is 3. The first-order valence-electron chi connectivity index (χ1n) is 11.7. The number of rotatable bonds is 7. The Hall–Kier alpha value is -3.04. The molecule has 0 unspecified atom stereocenters. The monoisotopic (exact) mass is 469 g/mol. The van der Waals surface area contributed by atoms with E-state index >= 15 is 0 Å². The molecule has 1 saturated carbocycles. The summed E-state index contributed by atoms with van der Waals surface area (Å²) in [5.41, 5.74) is 0.758. The average molecular weight is 470 g/mol. The second kappa shape index (κ2) is 9.68. The number of carbonyl (C=O) groups is 1. The fraction of sp³-hybridized carbons (Fsp3) is 0.480. The van der Waals surface area contributed by atoms with Crippen molar-refractivity contribution in [3.63, 3.8) is 0 Å². The summed E-state index contributed by atoms with van der Waals surface area (Å²) >= 11 is 0. The molecule has 0 aromatic carbocycles. The molecule has 1 aliphatic carbocycles. The molecule has 34 heavy (non-hydrogen) atoms. The first-order chi connectivity index (χ1) is 16.2. The first kappa shape index (κ1) is 24.1. The van der Waals surface area contributed by atoms with Gasteiger partial charge >= 0.3 is 0 Å². The van der Waals surface area contributed by atoms with Crippen LogP contribution in [0.15, 0.2) is 36.8 Å². The molecule has 4 rings (SSSR count). The zero-order valence-corrected chi connectivity index (χ0v) is 19.8. The van der Waals surface area contributed by atoms with Crippen LogP contribution in [0, 0.1) is 11.7 Å². The highest BCUT2D eigenvalue weighted by Crippen LogP contribution is 2.33. The summed E-state index contributed by atoms with van der Waals surface area (Å²) in [5, 5.41) is 26.7. The lowest BCUT2D eigenvalue weighted by molar-refractivity contribution is -0.00257. The zero-order valence-electron chi connectivity index (χ0n) is 19.8. The van der Waals surface area contributed by atoms with Gasteiger partial charge in [0.1, 0.15) is 17.3 Å². The zero-order chi connectivity index (χ0) is 24.5. The van der Waals surface area contributed by atoms with Gasteiger partial charge in [0, 0.05) is 35.9 Å². The third kappa shape index (κ3) is 5.20. The van der Waals surface area contributed by atoms with E-state index in [1.165, 1.54) is 12.3 Å². The van der Waals surface area contributed by atoms with Crippen LogP contribution in [0.1, 0.15) is 56.8 Å². The van der Waals surface area contributed by atoms with E-state index in [2.05, 4.69) is 20.6 Å². The van der Waals surface area contributed by atoms with Crippen LogP contribution in [0.4, 0.5) is 10.1 Å². The van der Waals surface area contributed by atoms with Gasteiger partial charge in [-0.2, -0.15) is 0 Å². The summed E-state index contributed by atoms with van der Waals surface area (Å²) in [7, 11) is 0. The predicted molar refractivity (Wildman–Crippen MR) is 129 cm³/mol. The Balaban J connectivity index is 1.57. The van der Waals surface area contributed by atoms with E-state index in [0.717, 1.165) is 31.9 Å². The van der Waals surface area contributed by atoms with Crippen LogP contribution in [0.5, 0.6) is 0 Å². The molecule has 3 aromatic rings. The van der Waals surface area contributed by atoms with Gasteiger partial charge in [-0.05, 0) is 64.5 Å². The standard InChI is InChI=1S/C25H32FN5O3/c1-15(14-32)29-21-11-22(31-9-8-16-10-18(26)12-28-23(16)31)27-13-20(21)24(33)30-19-6-4-17(5-7-19)25(2,3)34/h8-13,15,17,19,32,34H,4-7,14H2,1-3H3,(H,27,29)(H,30,33)/t15-,17?,19?/m0/s1. The quantitative estimate of drug-likeness (QED) is 0.422. The number of hydrogen-bond acceptors (Lipinski definition) is 6. The van der Waals surface area contributed by atoms with Gasteiger partial charge in [0.05, 0.1) is 29.7 Å². The molecule has 0 spiro atoms. The van der Waals surface area contributed by atoms with Crippen molar-refractivity contribution in [1.29, 1.82) is 0 Å². The molecule has 3 heterocycles. The molecule has 0 saturated heterocycles. The number of pyridine rings is 2. The highest BCUT2D eigenvalue weighted by atomic mass is 19.1. The van der Waals surface area contributed by atoms with Crippen LogP contribution < -0.4 is 10.6 Å². The van der Waals surface area contributed by atoms with Gasteiger partial charge in [-0.1, -0.05) is 0 Å². The summed E-state index contributed by atoms with van der Waals surface area (Å²) in [6.07, 6.45) is 7.73. The first-order valence-corrected chi connectivity index (χ1v) is 11.7. The van der Waals surface area contributed by atoms with Crippen molar-refractivity contribution in [3.05, 3.63) is 48.2 Å². The fourth-order valence-corrected chi connectivity index (χ4v) is 4.58. The number of nitrogens with one attached hydrogen (secondary N) is 2. The van der Waals surface area contributed by atoms with Gasteiger partial charge in [-0.15, -0.1) is 0 Å². The second-order valence-corrected chi connectivity index (χ2v) is 9.74. The number of amides is 1. The predicted octanol–water partition coefficient (Wildman–Crippen LogP) is 3.41. The number of carbonyl (C=O) groups excluding carboxylic acids is 1. The number of fused-ring (bicyclic) bond motifs is 1. The third-order valence-electron chi connectivity index (χ3n) is 6.61. The Morgan fingerprint density at radius 1 is 1.24 bits per heavy atom. The van der Waals surface area contributed by atoms with Gasteiger partial charge < -0.3 is 20.8 Å². The minimum absolute atomic E-state index is 0.0291. The van der Waals surface area contributed by atoms with Crippen molar-refractivity contribution in [1.82, 2.24) is 19.9 Å². The second-order valence-electron chi connectivity index (χ2n) is 9.74. The highest BCUT2D eigenvalue weighted by Gasteiger charge is 2.32. The van der Waals surface area contributed by atoms with Crippen LogP contribution in [0.25, 0.3) is 16.9 Å². The third-order valence-corrected chi connectivity index (χ3v) is 6.61. The number of anilines is 1. The molecular formula is C25H32FN5O3. The Kier molecular flexibility index (Phi) is 6.86. The molecule has 1 amide bonds. The summed E-state index contributed by atoms with van der Waals surface area (Å²) in [4.78, 5) is 21.8. The van der Waals surface area contributed by atoms with E-state index in [9.17, 15) is 19.4 Å². The van der Waals surface area contributed by atoms with Crippen molar-refractivity contribution in [2.75, 3.05) is 11.9 Å². The van der Waals surface area contributed by atoms with E-state index in [1.807, 2.05) is 20.8 Å². The van der Waals surface area contributed by atoms with E-state index in [0.29, 0.717) is 28.1 Å². The minimum Gasteiger partial charge on any atom is -0.394 e. The SMILES string of the molecule is C[C@@H](CO)Nc1cc(-n2ccc3cc(F)cnc32)ncc1C(=O)NC1CCC(C(C)(C)O)CC1. The lowest BCUT2D eigenvalue weighted by Crippen LogP contribution is -2.42. The van der Waals surface area contributed by atoms with Crippen LogP contribution >= 0.6 is 0 Å². The van der Waals surface area contributed by atoms with E-state index in [1.54, 1.807) is 22.9 Å². The maximum absolute atomic E-state index is 13.5. The largest absolute Gasteiger partial charge is 0.394 e. The number of hydrogen-bond donors (Lipinski definition) is 4. The fourth-order valence-electron chi connectivity index (χ4n) is 4.58. The van der Waals surface area contributed by atoms with Crippen molar-refractivity contribution >= 4 is 22.6 Å². The van der Waals surface area contributed by atoms with Gasteiger partial charge in [0.2, 0.25) is 0 Å². The summed E-state index contributed by atoms with van der Waals surface area (Å²) < 4.78 is 15.3. The minimum atomic E-state index is -0.713. The molecular weight excluding hydrogens is 437 g/mol. The summed E-state index contributed by atoms with van der Waals surface area (Å²) in [5.74, 6) is 0.0867. The molecule has 3 aromatic heterocycles. The number of aliphatic hydroxyl groups is 2. The molecule has 8 nitrogen and oxygen atoms in total. The van der Waals surface area contributed by atoms with Gasteiger partial charge in [0.15, 0.2) is 0 Å². The van der Waals surface area contributed by atoms with Gasteiger partial charge in [-0.25, -0.2) is 14.4 Å². The molecule has 0 aliphatic heterocycles. The molecule has 0 bridgehead atoms. The normalized spacial score (nSPS) is 19.7. The summed E-state index contributed by atoms with van der Waals surface area (Å²) in [6, 6.07) is 4.64. The molecule has 0 radical (unpaired) electrons. The van der Waals surface area contributed by atoms with Crippen molar-refractivity contribution < 1.29 is 19.4 Å². The van der Waals surface area contributed by atoms with Gasteiger partial charge in [0.25, 0.3) is 5.91 Å². The maximum atomic E-state index is 13.5. The topological polar surface area (TPSA) is 112 Å². The van der Waals surface area contributed by atoms with E-state index in [4.69, 9.17) is 0 Å². The van der Waals surface area contributed by atoms with Crippen LogP contribution in [-0.2, 0) is 0 Å². The molecule has 1 aliphatic rings. The molecule has 1 atom stereocenters. The molecule has 9 heteroatoms. The molecule has 4 N–H and O–H groups in total. The van der Waals surface area contributed by atoms with Crippen LogP contribution in [0.3, 0.4) is 0 Å². The van der Waals surface area contributed by atoms with Crippen molar-refractivity contribution in [2.24, 2.45) is 5.92 Å². The average Bonchev–Trinajstić information content (AvgIpc) is 3.21. The molecule has 1 fully saturated rings. The smallest absolute Gasteiger partial charge is 0.255 e. The lowest BCUT2D eigenvalue weighted by atomic mass is 9.77. The van der Waals surface area contributed by atoms with Gasteiger partial charge in [-0.3, -0.25) is 9.36 Å².